The Kier molecular flexibility index (Phi) is 4.42. The Morgan fingerprint density at radius 3 is 2.62 bits per heavy atom. The number of esters is 1. The normalized spacial score (nSPS) is 15.7. The van der Waals surface area contributed by atoms with Crippen LogP contribution in [0.2, 0.25) is 0 Å². The van der Waals surface area contributed by atoms with E-state index in [1.54, 1.807) is 6.92 Å². The molecule has 114 valence electrons. The molecule has 7 heteroatoms. The maximum absolute atomic E-state index is 11.7. The lowest BCUT2D eigenvalue weighted by Gasteiger charge is -2.24. The van der Waals surface area contributed by atoms with E-state index in [9.17, 15) is 14.9 Å². The van der Waals surface area contributed by atoms with Crippen molar-refractivity contribution in [3.05, 3.63) is 32.9 Å². The van der Waals surface area contributed by atoms with E-state index in [0.29, 0.717) is 42.9 Å². The number of ether oxygens (including phenoxy) is 2. The monoisotopic (exact) mass is 294 g/mol. The minimum absolute atomic E-state index is 0.0236. The number of nitrogens with zero attached hydrogens (tertiary/aromatic N) is 1. The van der Waals surface area contributed by atoms with Crippen LogP contribution in [0.4, 0.5) is 11.4 Å². The number of anilines is 1. The Hall–Kier alpha value is -2.15. The van der Waals surface area contributed by atoms with Crippen molar-refractivity contribution in [3.63, 3.8) is 0 Å². The Bertz CT molecular complexity index is 579. The third-order valence-electron chi connectivity index (χ3n) is 3.89. The van der Waals surface area contributed by atoms with Gasteiger partial charge in [-0.25, -0.2) is 4.79 Å². The van der Waals surface area contributed by atoms with E-state index in [2.05, 4.69) is 4.74 Å². The number of nitro groups is 1. The number of carbonyl (C=O) groups excluding carboxylic acids is 1. The summed E-state index contributed by atoms with van der Waals surface area (Å²) < 4.78 is 9.94. The second-order valence-electron chi connectivity index (χ2n) is 5.03. The number of carbonyl (C=O) groups is 1. The summed E-state index contributed by atoms with van der Waals surface area (Å²) in [4.78, 5) is 22.6. The number of nitrogens with two attached hydrogens (primary N) is 1. The third-order valence-corrected chi connectivity index (χ3v) is 3.89. The van der Waals surface area contributed by atoms with E-state index in [0.717, 1.165) is 0 Å². The molecule has 0 radical (unpaired) electrons. The quantitative estimate of drug-likeness (QED) is 0.396. The number of nitrogen functional groups attached to an aromatic ring is 1. The second kappa shape index (κ2) is 6.09. The van der Waals surface area contributed by atoms with Crippen LogP contribution < -0.4 is 5.73 Å². The summed E-state index contributed by atoms with van der Waals surface area (Å²) >= 11 is 0. The number of hydrogen-bond acceptors (Lipinski definition) is 6. The summed E-state index contributed by atoms with van der Waals surface area (Å²) in [6.07, 6.45) is 1.37. The highest BCUT2D eigenvalue weighted by Gasteiger charge is 2.30. The topological polar surface area (TPSA) is 105 Å². The molecule has 0 spiro atoms. The molecule has 0 amide bonds. The van der Waals surface area contributed by atoms with Gasteiger partial charge >= 0.3 is 5.97 Å². The first-order valence-corrected chi connectivity index (χ1v) is 6.70. The van der Waals surface area contributed by atoms with Gasteiger partial charge in [0.2, 0.25) is 0 Å². The van der Waals surface area contributed by atoms with Crippen molar-refractivity contribution in [1.82, 2.24) is 0 Å². The van der Waals surface area contributed by atoms with E-state index in [1.807, 2.05) is 0 Å². The molecule has 0 atom stereocenters. The van der Waals surface area contributed by atoms with Crippen LogP contribution in [0.1, 0.15) is 40.2 Å². The van der Waals surface area contributed by atoms with Crippen molar-refractivity contribution in [2.75, 3.05) is 26.1 Å². The minimum Gasteiger partial charge on any atom is -0.465 e. The summed E-state index contributed by atoms with van der Waals surface area (Å²) in [6, 6.07) is 1.27. The average molecular weight is 294 g/mol. The smallest absolute Gasteiger partial charge is 0.338 e. The Morgan fingerprint density at radius 1 is 1.48 bits per heavy atom. The highest BCUT2D eigenvalue weighted by atomic mass is 16.6. The van der Waals surface area contributed by atoms with Gasteiger partial charge in [0.15, 0.2) is 0 Å². The van der Waals surface area contributed by atoms with Crippen LogP contribution >= 0.6 is 0 Å². The Balaban J connectivity index is 2.60. The van der Waals surface area contributed by atoms with Gasteiger partial charge in [-0.2, -0.15) is 0 Å². The summed E-state index contributed by atoms with van der Waals surface area (Å²) in [5.74, 6) is -0.648. The highest BCUT2D eigenvalue weighted by molar-refractivity contribution is 5.94. The van der Waals surface area contributed by atoms with Crippen LogP contribution in [-0.4, -0.2) is 31.2 Å². The fraction of sp³-hybridized carbons (Fsp3) is 0.500. The lowest BCUT2D eigenvalue weighted by Crippen LogP contribution is -2.18. The van der Waals surface area contributed by atoms with Crippen LogP contribution in [0.3, 0.4) is 0 Å². The van der Waals surface area contributed by atoms with Crippen molar-refractivity contribution in [3.8, 4) is 0 Å². The van der Waals surface area contributed by atoms with Gasteiger partial charge in [-0.3, -0.25) is 10.1 Å². The number of benzene rings is 1. The van der Waals surface area contributed by atoms with Gasteiger partial charge in [0.1, 0.15) is 0 Å². The maximum atomic E-state index is 11.7. The zero-order chi connectivity index (χ0) is 15.6. The molecule has 2 N–H and O–H groups in total. The summed E-state index contributed by atoms with van der Waals surface area (Å²) in [7, 11) is 1.23. The van der Waals surface area contributed by atoms with Crippen LogP contribution in [0.5, 0.6) is 0 Å². The number of methoxy groups -OCH3 is 1. The summed E-state index contributed by atoms with van der Waals surface area (Å²) in [6.45, 7) is 2.78. The molecule has 1 aliphatic heterocycles. The lowest BCUT2D eigenvalue weighted by atomic mass is 9.86. The van der Waals surface area contributed by atoms with Gasteiger partial charge < -0.3 is 15.2 Å². The molecule has 0 unspecified atom stereocenters. The molecular formula is C14H18N2O5. The molecule has 1 heterocycles. The van der Waals surface area contributed by atoms with E-state index in [1.165, 1.54) is 13.2 Å². The highest BCUT2D eigenvalue weighted by Crippen LogP contribution is 2.40. The molecule has 1 fully saturated rings. The van der Waals surface area contributed by atoms with Gasteiger partial charge in [-0.05, 0) is 31.2 Å². The molecule has 2 rings (SSSR count). The molecule has 1 aromatic carbocycles. The van der Waals surface area contributed by atoms with E-state index >= 15 is 0 Å². The zero-order valence-electron chi connectivity index (χ0n) is 12.0. The Labute approximate surface area is 122 Å². The van der Waals surface area contributed by atoms with Crippen molar-refractivity contribution in [2.45, 2.75) is 25.7 Å². The largest absolute Gasteiger partial charge is 0.465 e. The van der Waals surface area contributed by atoms with Crippen molar-refractivity contribution in [2.24, 2.45) is 0 Å². The lowest BCUT2D eigenvalue weighted by molar-refractivity contribution is -0.385. The van der Waals surface area contributed by atoms with Gasteiger partial charge in [0, 0.05) is 25.0 Å². The number of rotatable bonds is 3. The fourth-order valence-corrected chi connectivity index (χ4v) is 2.70. The van der Waals surface area contributed by atoms with E-state index in [4.69, 9.17) is 10.5 Å². The predicted molar refractivity (Wildman–Crippen MR) is 76.4 cm³/mol. The molecule has 0 aliphatic carbocycles. The average Bonchev–Trinajstić information content (AvgIpc) is 2.49. The predicted octanol–water partition coefficient (Wildman–Crippen LogP) is 2.17. The number of nitro benzene ring substituents is 1. The van der Waals surface area contributed by atoms with Crippen LogP contribution in [-0.2, 0) is 9.47 Å². The third kappa shape index (κ3) is 2.82. The second-order valence-corrected chi connectivity index (χ2v) is 5.03. The SMILES string of the molecule is COC(=O)c1cc([N+](=O)[O-])c(C2CCOCC2)c(N)c1C. The molecule has 1 aromatic rings. The van der Waals surface area contributed by atoms with Crippen LogP contribution in [0.15, 0.2) is 6.07 Å². The number of hydrogen-bond donors (Lipinski definition) is 1. The molecule has 1 saturated heterocycles. The fourth-order valence-electron chi connectivity index (χ4n) is 2.70. The first-order valence-electron chi connectivity index (χ1n) is 6.70. The first kappa shape index (κ1) is 15.2. The molecule has 1 aliphatic rings. The van der Waals surface area contributed by atoms with Gasteiger partial charge in [-0.1, -0.05) is 0 Å². The molecule has 0 bridgehead atoms. The molecular weight excluding hydrogens is 276 g/mol. The van der Waals surface area contributed by atoms with Crippen LogP contribution in [0.25, 0.3) is 0 Å². The van der Waals surface area contributed by atoms with Gasteiger partial charge in [-0.15, -0.1) is 0 Å². The molecule has 0 aromatic heterocycles. The standard InChI is InChI=1S/C14H18N2O5/c1-8-10(14(17)20-2)7-11(16(18)19)12(13(8)15)9-3-5-21-6-4-9/h7,9H,3-6,15H2,1-2H3. The summed E-state index contributed by atoms with van der Waals surface area (Å²) in [5.41, 5.74) is 7.44. The molecule has 21 heavy (non-hydrogen) atoms. The first-order chi connectivity index (χ1) is 9.97. The van der Waals surface area contributed by atoms with Crippen molar-refractivity contribution < 1.29 is 19.2 Å². The van der Waals surface area contributed by atoms with Crippen molar-refractivity contribution >= 4 is 17.3 Å². The van der Waals surface area contributed by atoms with E-state index in [-0.39, 0.29) is 17.2 Å². The Morgan fingerprint density at radius 2 is 2.10 bits per heavy atom. The molecule has 0 saturated carbocycles. The van der Waals surface area contributed by atoms with Gasteiger partial charge in [0.25, 0.3) is 5.69 Å². The van der Waals surface area contributed by atoms with Crippen LogP contribution in [0, 0.1) is 17.0 Å². The summed E-state index contributed by atoms with van der Waals surface area (Å²) in [5, 5.41) is 11.4. The zero-order valence-corrected chi connectivity index (χ0v) is 12.0. The van der Waals surface area contributed by atoms with E-state index < -0.39 is 10.9 Å². The van der Waals surface area contributed by atoms with Crippen molar-refractivity contribution in [1.29, 1.82) is 0 Å². The molecule has 7 nitrogen and oxygen atoms in total. The maximum Gasteiger partial charge on any atom is 0.338 e. The van der Waals surface area contributed by atoms with Gasteiger partial charge in [0.05, 0.1) is 23.2 Å². The minimum atomic E-state index is -0.624.